The Labute approximate surface area is 164 Å². The van der Waals surface area contributed by atoms with Crippen molar-refractivity contribution in [2.24, 2.45) is 9.98 Å². The summed E-state index contributed by atoms with van der Waals surface area (Å²) in [4.78, 5) is 15.6. The van der Waals surface area contributed by atoms with E-state index in [4.69, 9.17) is 16.0 Å². The van der Waals surface area contributed by atoms with Gasteiger partial charge in [0.15, 0.2) is 23.1 Å². The Morgan fingerprint density at radius 2 is 2.11 bits per heavy atom. The average molecular weight is 401 g/mol. The first-order valence-corrected chi connectivity index (χ1v) is 9.31. The minimum atomic E-state index is -0.911. The van der Waals surface area contributed by atoms with E-state index in [1.807, 2.05) is 0 Å². The second-order valence-electron chi connectivity index (χ2n) is 6.88. The van der Waals surface area contributed by atoms with E-state index in [9.17, 15) is 8.78 Å². The second kappa shape index (κ2) is 6.76. The largest absolute Gasteiger partial charge is 0.439 e. The maximum Gasteiger partial charge on any atom is 0.209 e. The molecule has 5 rings (SSSR count). The number of aromatic nitrogens is 1. The van der Waals surface area contributed by atoms with Crippen LogP contribution in [-0.2, 0) is 6.54 Å². The fourth-order valence-corrected chi connectivity index (χ4v) is 3.76. The minimum absolute atomic E-state index is 0.101. The molecule has 0 N–H and O–H groups in total. The molecule has 2 aliphatic rings. The van der Waals surface area contributed by atoms with Gasteiger partial charge in [0.25, 0.3) is 0 Å². The van der Waals surface area contributed by atoms with Gasteiger partial charge < -0.3 is 4.42 Å². The first-order chi connectivity index (χ1) is 13.6. The zero-order valence-corrected chi connectivity index (χ0v) is 15.5. The third-order valence-corrected chi connectivity index (χ3v) is 5.21. The van der Waals surface area contributed by atoms with E-state index in [1.165, 1.54) is 12.1 Å². The Kier molecular flexibility index (Phi) is 4.21. The monoisotopic (exact) mass is 400 g/mol. The molecular formula is C20H15ClF2N4O. The zero-order valence-electron chi connectivity index (χ0n) is 14.7. The summed E-state index contributed by atoms with van der Waals surface area (Å²) >= 11 is 6.00. The fourth-order valence-electron chi connectivity index (χ4n) is 3.60. The number of piperidine rings is 1. The Hall–Kier alpha value is -2.64. The van der Waals surface area contributed by atoms with Crippen LogP contribution in [0.3, 0.4) is 0 Å². The molecule has 0 spiro atoms. The van der Waals surface area contributed by atoms with E-state index in [0.717, 1.165) is 23.8 Å². The van der Waals surface area contributed by atoms with E-state index in [2.05, 4.69) is 19.9 Å². The predicted molar refractivity (Wildman–Crippen MR) is 103 cm³/mol. The quantitative estimate of drug-likeness (QED) is 0.661. The van der Waals surface area contributed by atoms with E-state index >= 15 is 0 Å². The van der Waals surface area contributed by atoms with Gasteiger partial charge in [-0.3, -0.25) is 9.89 Å². The average Bonchev–Trinajstić information content (AvgIpc) is 3.26. The number of amidine groups is 1. The van der Waals surface area contributed by atoms with Crippen molar-refractivity contribution in [3.63, 3.8) is 0 Å². The van der Waals surface area contributed by atoms with E-state index in [-0.39, 0.29) is 17.4 Å². The smallest absolute Gasteiger partial charge is 0.209 e. The summed E-state index contributed by atoms with van der Waals surface area (Å²) in [7, 11) is 0. The van der Waals surface area contributed by atoms with Gasteiger partial charge in [0, 0.05) is 30.2 Å². The number of likely N-dealkylation sites (tertiary alicyclic amines) is 1. The van der Waals surface area contributed by atoms with Crippen LogP contribution in [0.2, 0.25) is 5.02 Å². The number of nitrogens with zero attached hydrogens (tertiary/aromatic N) is 4. The Balaban J connectivity index is 1.34. The number of benzene rings is 2. The molecule has 1 fully saturated rings. The van der Waals surface area contributed by atoms with Crippen molar-refractivity contribution in [2.75, 3.05) is 13.1 Å². The van der Waals surface area contributed by atoms with Crippen molar-refractivity contribution in [2.45, 2.75) is 19.0 Å². The lowest BCUT2D eigenvalue weighted by Gasteiger charge is -2.28. The van der Waals surface area contributed by atoms with Gasteiger partial charge in [-0.1, -0.05) is 17.7 Å². The molecule has 8 heteroatoms. The SMILES string of the molecule is Fc1cccc(C2=NC3CN(Cc4nc5cc(Cl)ccc5o4)CCC3=N2)c1F. The number of aliphatic imine (C=N–C) groups is 2. The summed E-state index contributed by atoms with van der Waals surface area (Å²) in [6, 6.07) is 9.23. The van der Waals surface area contributed by atoms with Crippen LogP contribution >= 0.6 is 11.6 Å². The lowest BCUT2D eigenvalue weighted by atomic mass is 10.0. The standard InChI is InChI=1S/C20H15ClF2N4O/c21-11-4-5-17-15(8-11)24-18(28-17)10-27-7-6-14-16(9-27)26-20(25-14)12-2-1-3-13(22)19(12)23/h1-5,8,16H,6-7,9-10H2. The Morgan fingerprint density at radius 1 is 1.21 bits per heavy atom. The molecule has 3 aromatic rings. The van der Waals surface area contributed by atoms with Crippen molar-refractivity contribution in [3.8, 4) is 0 Å². The van der Waals surface area contributed by atoms with Gasteiger partial charge in [0.2, 0.25) is 5.89 Å². The topological polar surface area (TPSA) is 54.0 Å². The van der Waals surface area contributed by atoms with Crippen molar-refractivity contribution >= 4 is 34.2 Å². The molecule has 28 heavy (non-hydrogen) atoms. The third kappa shape index (κ3) is 3.10. The summed E-state index contributed by atoms with van der Waals surface area (Å²) in [5.74, 6) is -0.939. The van der Waals surface area contributed by atoms with Crippen LogP contribution in [0.1, 0.15) is 17.9 Å². The minimum Gasteiger partial charge on any atom is -0.439 e. The van der Waals surface area contributed by atoms with Gasteiger partial charge in [-0.25, -0.2) is 18.8 Å². The maximum atomic E-state index is 14.1. The first kappa shape index (κ1) is 17.5. The summed E-state index contributed by atoms with van der Waals surface area (Å²) in [5, 5.41) is 0.614. The van der Waals surface area contributed by atoms with E-state index < -0.39 is 11.6 Å². The second-order valence-corrected chi connectivity index (χ2v) is 7.31. The number of halogens is 3. The van der Waals surface area contributed by atoms with Crippen molar-refractivity contribution in [1.29, 1.82) is 0 Å². The van der Waals surface area contributed by atoms with Crippen LogP contribution in [0.5, 0.6) is 0 Å². The molecule has 2 aromatic carbocycles. The summed E-state index contributed by atoms with van der Waals surface area (Å²) in [5.41, 5.74) is 2.43. The summed E-state index contributed by atoms with van der Waals surface area (Å²) in [6.07, 6.45) is 0.709. The first-order valence-electron chi connectivity index (χ1n) is 8.94. The molecule has 142 valence electrons. The van der Waals surface area contributed by atoms with Crippen molar-refractivity contribution in [1.82, 2.24) is 9.88 Å². The normalized spacial score (nSPS) is 19.6. The highest BCUT2D eigenvalue weighted by atomic mass is 35.5. The van der Waals surface area contributed by atoms with Gasteiger partial charge in [-0.05, 0) is 30.3 Å². The molecule has 1 aromatic heterocycles. The molecule has 1 atom stereocenters. The Bertz CT molecular complexity index is 1140. The van der Waals surface area contributed by atoms with Gasteiger partial charge >= 0.3 is 0 Å². The van der Waals surface area contributed by atoms with Crippen LogP contribution in [-0.4, -0.2) is 40.6 Å². The molecule has 1 saturated heterocycles. The van der Waals surface area contributed by atoms with Crippen LogP contribution in [0.4, 0.5) is 8.78 Å². The van der Waals surface area contributed by atoms with Crippen LogP contribution in [0.25, 0.3) is 11.1 Å². The molecule has 3 heterocycles. The molecule has 1 unspecified atom stereocenters. The molecular weight excluding hydrogens is 386 g/mol. The number of oxazole rings is 1. The molecule has 0 radical (unpaired) electrons. The van der Waals surface area contributed by atoms with E-state index in [0.29, 0.717) is 36.0 Å². The number of hydrogen-bond acceptors (Lipinski definition) is 5. The zero-order chi connectivity index (χ0) is 19.3. The fraction of sp³-hybridized carbons (Fsp3) is 0.250. The number of fused-ring (bicyclic) bond motifs is 2. The van der Waals surface area contributed by atoms with Gasteiger partial charge in [0.1, 0.15) is 11.6 Å². The van der Waals surface area contributed by atoms with Crippen molar-refractivity contribution < 1.29 is 13.2 Å². The van der Waals surface area contributed by atoms with E-state index in [1.54, 1.807) is 18.2 Å². The number of rotatable bonds is 3. The molecule has 0 aliphatic carbocycles. The highest BCUT2D eigenvalue weighted by molar-refractivity contribution is 6.31. The number of hydrogen-bond donors (Lipinski definition) is 0. The molecule has 5 nitrogen and oxygen atoms in total. The highest BCUT2D eigenvalue weighted by Crippen LogP contribution is 2.25. The van der Waals surface area contributed by atoms with Gasteiger partial charge in [-0.15, -0.1) is 0 Å². The van der Waals surface area contributed by atoms with Crippen molar-refractivity contribution in [3.05, 3.63) is 64.5 Å². The lowest BCUT2D eigenvalue weighted by Crippen LogP contribution is -2.41. The molecule has 0 bridgehead atoms. The van der Waals surface area contributed by atoms with Crippen LogP contribution in [0.15, 0.2) is 50.8 Å². The molecule has 2 aliphatic heterocycles. The molecule has 0 saturated carbocycles. The maximum absolute atomic E-state index is 14.1. The van der Waals surface area contributed by atoms with Gasteiger partial charge in [0.05, 0.1) is 12.1 Å². The highest BCUT2D eigenvalue weighted by Gasteiger charge is 2.31. The molecule has 0 amide bonds. The van der Waals surface area contributed by atoms with Crippen LogP contribution in [0, 0.1) is 11.6 Å². The summed E-state index contributed by atoms with van der Waals surface area (Å²) in [6.45, 7) is 1.93. The van der Waals surface area contributed by atoms with Crippen LogP contribution < -0.4 is 0 Å². The lowest BCUT2D eigenvalue weighted by molar-refractivity contribution is 0.233. The van der Waals surface area contributed by atoms with Gasteiger partial charge in [-0.2, -0.15) is 0 Å². The Morgan fingerprint density at radius 3 is 3.00 bits per heavy atom. The predicted octanol–water partition coefficient (Wildman–Crippen LogP) is 4.24. The summed E-state index contributed by atoms with van der Waals surface area (Å²) < 4.78 is 33.4. The third-order valence-electron chi connectivity index (χ3n) is 4.97.